The van der Waals surface area contributed by atoms with Crippen molar-refractivity contribution in [3.8, 4) is 5.88 Å². The first-order chi connectivity index (χ1) is 6.29. The van der Waals surface area contributed by atoms with E-state index in [0.29, 0.717) is 0 Å². The average molecular weight is 179 g/mol. The van der Waals surface area contributed by atoms with Gasteiger partial charge in [0.1, 0.15) is 18.2 Å². The lowest BCUT2D eigenvalue weighted by atomic mass is 10.3. The summed E-state index contributed by atoms with van der Waals surface area (Å²) in [5.74, 6) is -0.838. The third-order valence-electron chi connectivity index (χ3n) is 1.53. The highest BCUT2D eigenvalue weighted by molar-refractivity contribution is 5.90. The van der Waals surface area contributed by atoms with Gasteiger partial charge in [-0.3, -0.25) is 4.57 Å². The zero-order valence-corrected chi connectivity index (χ0v) is 6.41. The Morgan fingerprint density at radius 2 is 2.15 bits per heavy atom. The van der Waals surface area contributed by atoms with Crippen molar-refractivity contribution in [1.29, 1.82) is 0 Å². The second-order valence-corrected chi connectivity index (χ2v) is 2.31. The molecule has 0 amide bonds. The third-order valence-corrected chi connectivity index (χ3v) is 1.53. The summed E-state index contributed by atoms with van der Waals surface area (Å²) in [5.41, 5.74) is 0.0831. The number of furan rings is 1. The van der Waals surface area contributed by atoms with Crippen molar-refractivity contribution >= 4 is 5.97 Å². The largest absolute Gasteiger partial charge is 0.477 e. The molecule has 6 nitrogen and oxygen atoms in total. The molecule has 2 rings (SSSR count). The van der Waals surface area contributed by atoms with Crippen LogP contribution in [0.25, 0.3) is 5.88 Å². The first-order valence-corrected chi connectivity index (χ1v) is 3.45. The SMILES string of the molecule is O=C(O)c1ccoc1-n1cnnc1. The van der Waals surface area contributed by atoms with Crippen molar-refractivity contribution in [1.82, 2.24) is 14.8 Å². The molecule has 2 aromatic heterocycles. The summed E-state index contributed by atoms with van der Waals surface area (Å²) in [6.45, 7) is 0. The van der Waals surface area contributed by atoms with Crippen LogP contribution in [-0.4, -0.2) is 25.8 Å². The fourth-order valence-electron chi connectivity index (χ4n) is 0.970. The summed E-state index contributed by atoms with van der Waals surface area (Å²) in [6.07, 6.45) is 4.04. The molecule has 0 radical (unpaired) electrons. The number of carboxylic acids is 1. The van der Waals surface area contributed by atoms with Gasteiger partial charge in [-0.2, -0.15) is 0 Å². The molecule has 0 saturated heterocycles. The van der Waals surface area contributed by atoms with Crippen LogP contribution >= 0.6 is 0 Å². The Balaban J connectivity index is 2.52. The van der Waals surface area contributed by atoms with Gasteiger partial charge in [-0.1, -0.05) is 0 Å². The van der Waals surface area contributed by atoms with E-state index in [4.69, 9.17) is 9.52 Å². The molecule has 1 N–H and O–H groups in total. The van der Waals surface area contributed by atoms with Gasteiger partial charge in [0.05, 0.1) is 6.26 Å². The van der Waals surface area contributed by atoms with Gasteiger partial charge in [-0.25, -0.2) is 4.79 Å². The summed E-state index contributed by atoms with van der Waals surface area (Å²) in [7, 11) is 0. The maximum absolute atomic E-state index is 10.7. The molecule has 0 unspecified atom stereocenters. The Bertz CT molecular complexity index is 418. The molecule has 0 aromatic carbocycles. The number of rotatable bonds is 2. The van der Waals surface area contributed by atoms with Gasteiger partial charge in [0.15, 0.2) is 0 Å². The van der Waals surface area contributed by atoms with E-state index in [1.165, 1.54) is 29.6 Å². The maximum Gasteiger partial charge on any atom is 0.341 e. The molecular weight excluding hydrogens is 174 g/mol. The first-order valence-electron chi connectivity index (χ1n) is 3.45. The van der Waals surface area contributed by atoms with E-state index in [2.05, 4.69) is 10.2 Å². The minimum Gasteiger partial charge on any atom is -0.477 e. The van der Waals surface area contributed by atoms with E-state index >= 15 is 0 Å². The van der Waals surface area contributed by atoms with Gasteiger partial charge < -0.3 is 9.52 Å². The number of carboxylic acid groups (broad SMARTS) is 1. The third kappa shape index (κ3) is 1.18. The van der Waals surface area contributed by atoms with E-state index in [1.807, 2.05) is 0 Å². The topological polar surface area (TPSA) is 81.1 Å². The number of hydrogen-bond acceptors (Lipinski definition) is 4. The van der Waals surface area contributed by atoms with E-state index < -0.39 is 5.97 Å². The van der Waals surface area contributed by atoms with Crippen molar-refractivity contribution in [2.24, 2.45) is 0 Å². The second-order valence-electron chi connectivity index (χ2n) is 2.31. The summed E-state index contributed by atoms with van der Waals surface area (Å²) in [4.78, 5) is 10.7. The Kier molecular flexibility index (Phi) is 1.59. The molecule has 0 spiro atoms. The molecule has 0 aliphatic heterocycles. The summed E-state index contributed by atoms with van der Waals surface area (Å²) in [5, 5.41) is 15.8. The monoisotopic (exact) mass is 179 g/mol. The van der Waals surface area contributed by atoms with Crippen LogP contribution in [0.5, 0.6) is 0 Å². The maximum atomic E-state index is 10.7. The quantitative estimate of drug-likeness (QED) is 0.728. The molecule has 2 aromatic rings. The zero-order chi connectivity index (χ0) is 9.26. The minimum atomic E-state index is -1.04. The standard InChI is InChI=1S/C7H5N3O3/c11-7(12)5-1-2-13-6(5)10-3-8-9-4-10/h1-4H,(H,11,12). The number of carbonyl (C=O) groups is 1. The van der Waals surface area contributed by atoms with Crippen LogP contribution in [0, 0.1) is 0 Å². The van der Waals surface area contributed by atoms with Crippen LogP contribution in [0.1, 0.15) is 10.4 Å². The summed E-state index contributed by atoms with van der Waals surface area (Å²) < 4.78 is 6.36. The molecule has 2 heterocycles. The lowest BCUT2D eigenvalue weighted by Gasteiger charge is -1.95. The zero-order valence-electron chi connectivity index (χ0n) is 6.41. The molecule has 0 aliphatic rings. The van der Waals surface area contributed by atoms with Crippen molar-refractivity contribution in [3.63, 3.8) is 0 Å². The normalized spacial score (nSPS) is 10.2. The fourth-order valence-corrected chi connectivity index (χ4v) is 0.970. The molecule has 6 heteroatoms. The van der Waals surface area contributed by atoms with Crippen molar-refractivity contribution in [3.05, 3.63) is 30.5 Å². The number of aromatic nitrogens is 3. The molecule has 0 saturated carbocycles. The van der Waals surface area contributed by atoms with E-state index in [9.17, 15) is 4.79 Å². The van der Waals surface area contributed by atoms with Gasteiger partial charge in [-0.15, -0.1) is 10.2 Å². The van der Waals surface area contributed by atoms with Crippen molar-refractivity contribution in [2.45, 2.75) is 0 Å². The number of hydrogen-bond donors (Lipinski definition) is 1. The van der Waals surface area contributed by atoms with Gasteiger partial charge >= 0.3 is 5.97 Å². The Morgan fingerprint density at radius 1 is 1.46 bits per heavy atom. The van der Waals surface area contributed by atoms with Gasteiger partial charge in [0.25, 0.3) is 0 Å². The van der Waals surface area contributed by atoms with Crippen LogP contribution in [0.2, 0.25) is 0 Å². The van der Waals surface area contributed by atoms with E-state index in [-0.39, 0.29) is 11.4 Å². The average Bonchev–Trinajstić information content (AvgIpc) is 2.74. The van der Waals surface area contributed by atoms with Gasteiger partial charge in [-0.05, 0) is 6.07 Å². The Hall–Kier alpha value is -2.11. The lowest BCUT2D eigenvalue weighted by molar-refractivity contribution is 0.0696. The Labute approximate surface area is 72.4 Å². The summed E-state index contributed by atoms with van der Waals surface area (Å²) >= 11 is 0. The highest BCUT2D eigenvalue weighted by Gasteiger charge is 2.14. The van der Waals surface area contributed by atoms with Gasteiger partial charge in [0, 0.05) is 0 Å². The van der Waals surface area contributed by atoms with Crippen LogP contribution in [-0.2, 0) is 0 Å². The first kappa shape index (κ1) is 7.53. The molecule has 0 aliphatic carbocycles. The predicted octanol–water partition coefficient (Wildman–Crippen LogP) is 0.558. The molecule has 13 heavy (non-hydrogen) atoms. The van der Waals surface area contributed by atoms with Crippen molar-refractivity contribution < 1.29 is 14.3 Å². The van der Waals surface area contributed by atoms with Crippen LogP contribution in [0.4, 0.5) is 0 Å². The molecular formula is C7H5N3O3. The molecule has 0 fully saturated rings. The molecule has 66 valence electrons. The highest BCUT2D eigenvalue weighted by Crippen LogP contribution is 2.14. The van der Waals surface area contributed by atoms with Crippen LogP contribution in [0.3, 0.4) is 0 Å². The summed E-state index contributed by atoms with van der Waals surface area (Å²) in [6, 6.07) is 1.37. The van der Waals surface area contributed by atoms with Crippen LogP contribution < -0.4 is 0 Å². The van der Waals surface area contributed by atoms with Crippen LogP contribution in [0.15, 0.2) is 29.4 Å². The fraction of sp³-hybridized carbons (Fsp3) is 0. The predicted molar refractivity (Wildman–Crippen MR) is 40.6 cm³/mol. The van der Waals surface area contributed by atoms with Crippen molar-refractivity contribution in [2.75, 3.05) is 0 Å². The smallest absolute Gasteiger partial charge is 0.341 e. The van der Waals surface area contributed by atoms with Gasteiger partial charge in [0.2, 0.25) is 5.88 Å². The highest BCUT2D eigenvalue weighted by atomic mass is 16.4. The number of aromatic carboxylic acids is 1. The Morgan fingerprint density at radius 3 is 2.77 bits per heavy atom. The van der Waals surface area contributed by atoms with E-state index in [1.54, 1.807) is 0 Å². The second kappa shape index (κ2) is 2.74. The lowest BCUT2D eigenvalue weighted by Crippen LogP contribution is -2.00. The molecule has 0 bridgehead atoms. The molecule has 0 atom stereocenters. The van der Waals surface area contributed by atoms with E-state index in [0.717, 1.165) is 0 Å². The minimum absolute atomic E-state index is 0.0831. The number of nitrogens with zero attached hydrogens (tertiary/aromatic N) is 3.